The molecular formula is C29H38ClN3O10S4. The van der Waals surface area contributed by atoms with E-state index >= 15 is 0 Å². The molecule has 4 N–H and O–H groups in total. The molecule has 2 aliphatic rings. The van der Waals surface area contributed by atoms with Crippen molar-refractivity contribution in [3.05, 3.63) is 46.5 Å². The molecule has 2 aromatic carbocycles. The molecule has 2 fully saturated rings. The summed E-state index contributed by atoms with van der Waals surface area (Å²) in [5.74, 6) is -1.29. The Morgan fingerprint density at radius 2 is 0.979 bits per heavy atom. The van der Waals surface area contributed by atoms with Crippen LogP contribution in [0, 0.1) is 13.8 Å². The van der Waals surface area contributed by atoms with E-state index in [1.807, 2.05) is 0 Å². The van der Waals surface area contributed by atoms with E-state index in [4.69, 9.17) is 23.1 Å². The molecule has 47 heavy (non-hydrogen) atoms. The lowest BCUT2D eigenvalue weighted by atomic mass is 10.1. The number of amides is 1. The molecule has 0 atom stereocenters. The van der Waals surface area contributed by atoms with E-state index in [-0.39, 0.29) is 25.8 Å². The Morgan fingerprint density at radius 1 is 0.638 bits per heavy atom. The average molecular weight is 752 g/mol. The predicted molar refractivity (Wildman–Crippen MR) is 178 cm³/mol. The Morgan fingerprint density at radius 3 is 1.30 bits per heavy atom. The molecule has 4 rings (SSSR count). The summed E-state index contributed by atoms with van der Waals surface area (Å²) in [7, 11) is -15.3. The second-order valence-corrected chi connectivity index (χ2v) is 20.5. The standard InChI is InChI=1S/C15H21N3O5S2.C14H17ClO5S2/c1-9-7-13(25(22,23)10-5-3-4-6-10)12(24(2,20)21)8-11(9)14(19)18-15(16)17;1-9-7-13(22(19,20)10-5-3-4-6-10)12(21(2,17)18)8-11(9)14(15)16/h7-8,10H,3-6H2,1-2H3,(H4,16,17,18,19);7-8,10H,3-6H2,1-2H3. The van der Waals surface area contributed by atoms with Gasteiger partial charge in [-0.25, -0.2) is 33.7 Å². The van der Waals surface area contributed by atoms with Crippen molar-refractivity contribution < 1.29 is 43.3 Å². The Kier molecular flexibility index (Phi) is 11.8. The fraction of sp³-hybridized carbons (Fsp3) is 0.483. The minimum atomic E-state index is -3.89. The second-order valence-electron chi connectivity index (χ2n) is 11.8. The first-order chi connectivity index (χ1) is 21.5. The molecule has 0 unspecified atom stereocenters. The quantitative estimate of drug-likeness (QED) is 0.225. The molecule has 0 aromatic heterocycles. The summed E-state index contributed by atoms with van der Waals surface area (Å²) < 4.78 is 99.6. The van der Waals surface area contributed by atoms with Crippen molar-refractivity contribution in [2.75, 3.05) is 12.5 Å². The summed E-state index contributed by atoms with van der Waals surface area (Å²) in [4.78, 5) is 25.6. The van der Waals surface area contributed by atoms with E-state index in [9.17, 15) is 43.3 Å². The molecule has 2 saturated carbocycles. The zero-order valence-electron chi connectivity index (χ0n) is 26.3. The highest BCUT2D eigenvalue weighted by Crippen LogP contribution is 2.36. The summed E-state index contributed by atoms with van der Waals surface area (Å²) in [6.07, 6.45) is 7.09. The molecule has 1 amide bonds. The number of aliphatic imine (C=N–C) groups is 1. The average Bonchev–Trinajstić information content (AvgIpc) is 3.67. The topological polar surface area (TPSA) is 235 Å². The van der Waals surface area contributed by atoms with Crippen LogP contribution in [0.3, 0.4) is 0 Å². The van der Waals surface area contributed by atoms with Crippen LogP contribution in [-0.4, -0.2) is 73.8 Å². The van der Waals surface area contributed by atoms with Crippen molar-refractivity contribution in [2.45, 2.75) is 95.3 Å². The highest BCUT2D eigenvalue weighted by Gasteiger charge is 2.36. The highest BCUT2D eigenvalue weighted by molar-refractivity contribution is 7.95. The van der Waals surface area contributed by atoms with Gasteiger partial charge in [-0.3, -0.25) is 9.59 Å². The fourth-order valence-electron chi connectivity index (χ4n) is 5.72. The van der Waals surface area contributed by atoms with Crippen LogP contribution in [0.15, 0.2) is 48.8 Å². The number of nitrogens with zero attached hydrogens (tertiary/aromatic N) is 1. The number of guanidine groups is 1. The molecule has 0 aliphatic heterocycles. The monoisotopic (exact) mass is 751 g/mol. The van der Waals surface area contributed by atoms with Crippen molar-refractivity contribution in [2.24, 2.45) is 16.5 Å². The maximum Gasteiger partial charge on any atom is 0.280 e. The maximum atomic E-state index is 12.9. The number of aryl methyl sites for hydroxylation is 2. The van der Waals surface area contributed by atoms with Crippen molar-refractivity contribution in [3.63, 3.8) is 0 Å². The van der Waals surface area contributed by atoms with Crippen LogP contribution in [0.4, 0.5) is 0 Å². The Labute approximate surface area is 280 Å². The Balaban J connectivity index is 0.000000257. The first kappa shape index (κ1) is 38.6. The number of carbonyl (C=O) groups is 2. The molecule has 0 saturated heterocycles. The van der Waals surface area contributed by atoms with Gasteiger partial charge in [0.05, 0.1) is 30.1 Å². The van der Waals surface area contributed by atoms with Crippen molar-refractivity contribution in [3.8, 4) is 0 Å². The molecule has 0 heterocycles. The van der Waals surface area contributed by atoms with Crippen LogP contribution in [0.1, 0.15) is 83.2 Å². The van der Waals surface area contributed by atoms with Crippen LogP contribution >= 0.6 is 11.6 Å². The van der Waals surface area contributed by atoms with Gasteiger partial charge in [-0.1, -0.05) is 25.7 Å². The number of rotatable bonds is 8. The zero-order chi connectivity index (χ0) is 35.7. The molecule has 2 aliphatic carbocycles. The lowest BCUT2D eigenvalue weighted by Crippen LogP contribution is -2.25. The van der Waals surface area contributed by atoms with E-state index in [1.165, 1.54) is 26.0 Å². The van der Waals surface area contributed by atoms with E-state index < -0.39 is 71.9 Å². The first-order valence-corrected chi connectivity index (χ1v) is 21.8. The van der Waals surface area contributed by atoms with Gasteiger partial charge in [0, 0.05) is 23.6 Å². The molecule has 0 radical (unpaired) electrons. The van der Waals surface area contributed by atoms with Crippen LogP contribution in [0.5, 0.6) is 0 Å². The van der Waals surface area contributed by atoms with Gasteiger partial charge in [0.1, 0.15) is 0 Å². The third-order valence-electron chi connectivity index (χ3n) is 8.15. The van der Waals surface area contributed by atoms with Gasteiger partial charge in [0.2, 0.25) is 0 Å². The second kappa shape index (κ2) is 14.3. The van der Waals surface area contributed by atoms with Gasteiger partial charge in [0.15, 0.2) is 45.3 Å². The van der Waals surface area contributed by atoms with Gasteiger partial charge in [-0.2, -0.15) is 4.99 Å². The van der Waals surface area contributed by atoms with Crippen LogP contribution < -0.4 is 11.5 Å². The number of halogens is 1. The molecule has 18 heteroatoms. The van der Waals surface area contributed by atoms with E-state index in [0.29, 0.717) is 36.8 Å². The third kappa shape index (κ3) is 8.79. The number of sulfone groups is 4. The van der Waals surface area contributed by atoms with Crippen molar-refractivity contribution in [1.82, 2.24) is 0 Å². The number of benzene rings is 2. The normalized spacial score (nSPS) is 16.4. The predicted octanol–water partition coefficient (Wildman–Crippen LogP) is 3.02. The number of hydrogen-bond acceptors (Lipinski definition) is 10. The first-order valence-electron chi connectivity index (χ1n) is 14.5. The van der Waals surface area contributed by atoms with E-state index in [0.717, 1.165) is 50.3 Å². The Hall–Kier alpha value is -2.86. The summed E-state index contributed by atoms with van der Waals surface area (Å²) in [5, 5.41) is -1.98. The number of hydrogen-bond donors (Lipinski definition) is 2. The lowest BCUT2D eigenvalue weighted by Gasteiger charge is -2.16. The van der Waals surface area contributed by atoms with E-state index in [1.54, 1.807) is 0 Å². The maximum absolute atomic E-state index is 12.9. The molecule has 2 aromatic rings. The van der Waals surface area contributed by atoms with Crippen LogP contribution in [0.2, 0.25) is 0 Å². The van der Waals surface area contributed by atoms with Gasteiger partial charge in [-0.15, -0.1) is 0 Å². The molecule has 13 nitrogen and oxygen atoms in total. The van der Waals surface area contributed by atoms with Gasteiger partial charge >= 0.3 is 0 Å². The largest absolute Gasteiger partial charge is 0.370 e. The lowest BCUT2D eigenvalue weighted by molar-refractivity contribution is 0.100. The molecule has 0 bridgehead atoms. The van der Waals surface area contributed by atoms with Crippen molar-refractivity contribution >= 4 is 68.1 Å². The molecule has 260 valence electrons. The van der Waals surface area contributed by atoms with Crippen molar-refractivity contribution in [1.29, 1.82) is 0 Å². The number of nitrogens with two attached hydrogens (primary N) is 2. The SMILES string of the molecule is Cc1cc(S(=O)(=O)C2CCCC2)c(S(C)(=O)=O)cc1C(=O)Cl.Cc1cc(S(=O)(=O)C2CCCC2)c(S(C)(=O)=O)cc1C(=O)N=C(N)N. The minimum Gasteiger partial charge on any atom is -0.370 e. The third-order valence-corrected chi connectivity index (χ3v) is 15.5. The minimum absolute atomic E-state index is 0.00691. The molecule has 0 spiro atoms. The van der Waals surface area contributed by atoms with E-state index in [2.05, 4.69) is 4.99 Å². The number of carbonyl (C=O) groups excluding carboxylic acids is 2. The zero-order valence-corrected chi connectivity index (χ0v) is 30.3. The summed E-state index contributed by atoms with van der Waals surface area (Å²) in [5.41, 5.74) is 11.0. The summed E-state index contributed by atoms with van der Waals surface area (Å²) in [6.45, 7) is 3.05. The summed E-state index contributed by atoms with van der Waals surface area (Å²) in [6, 6.07) is 4.59. The fourth-order valence-corrected chi connectivity index (χ4v) is 13.0. The highest BCUT2D eigenvalue weighted by atomic mass is 35.5. The summed E-state index contributed by atoms with van der Waals surface area (Å²) >= 11 is 5.44. The molecular weight excluding hydrogens is 714 g/mol. The Bertz CT molecular complexity index is 2060. The van der Waals surface area contributed by atoms with Gasteiger partial charge < -0.3 is 11.5 Å². The smallest absolute Gasteiger partial charge is 0.280 e. The van der Waals surface area contributed by atoms with Gasteiger partial charge in [-0.05, 0) is 86.5 Å². The van der Waals surface area contributed by atoms with Gasteiger partial charge in [0.25, 0.3) is 11.1 Å². The van der Waals surface area contributed by atoms with Crippen LogP contribution in [-0.2, 0) is 39.3 Å². The van der Waals surface area contributed by atoms with Crippen LogP contribution in [0.25, 0.3) is 0 Å².